The maximum Gasteiger partial charge on any atom is 0.391 e. The number of nitrogens with one attached hydrogen (secondary N) is 4. The highest BCUT2D eigenvalue weighted by Crippen LogP contribution is 2.28. The van der Waals surface area contributed by atoms with E-state index in [1.54, 1.807) is 34.2 Å². The lowest BCUT2D eigenvalue weighted by Gasteiger charge is -2.32. The zero-order valence-corrected chi connectivity index (χ0v) is 37.7. The third-order valence-electron chi connectivity index (χ3n) is 11.8. The minimum Gasteiger partial charge on any atom is -0.344 e. The first-order valence-electron chi connectivity index (χ1n) is 22.2. The predicted molar refractivity (Wildman–Crippen MR) is 235 cm³/mol. The average Bonchev–Trinajstić information content (AvgIpc) is 4.19. The molecule has 20 nitrogen and oxygen atoms in total. The topological polar surface area (TPSA) is 265 Å². The highest BCUT2D eigenvalue weighted by molar-refractivity contribution is 6.07. The van der Waals surface area contributed by atoms with Gasteiger partial charge in [0.15, 0.2) is 11.3 Å². The van der Waals surface area contributed by atoms with Crippen LogP contribution in [0.3, 0.4) is 0 Å². The minimum atomic E-state index is -4.68. The number of nitrogens with zero attached hydrogens (tertiary/aromatic N) is 12. The first-order valence-corrected chi connectivity index (χ1v) is 22.2. The molecule has 2 fully saturated rings. The van der Waals surface area contributed by atoms with Crippen molar-refractivity contribution in [2.24, 2.45) is 11.8 Å². The molecule has 8 rings (SSSR count). The maximum absolute atomic E-state index is 13.3. The molecule has 2 atom stereocenters. The fourth-order valence-electron chi connectivity index (χ4n) is 7.98. The molecule has 0 bridgehead atoms. The highest BCUT2D eigenvalue weighted by atomic mass is 19.4. The molecule has 70 heavy (non-hydrogen) atoms. The third-order valence-corrected chi connectivity index (χ3v) is 11.8. The number of aryl methyl sites for hydroxylation is 2. The predicted octanol–water partition coefficient (Wildman–Crippen LogP) is 5.31. The molecular weight excluding hydrogens is 931 g/mol. The highest BCUT2D eigenvalue weighted by Gasteiger charge is 2.41. The van der Waals surface area contributed by atoms with E-state index in [-0.39, 0.29) is 71.5 Å². The summed E-state index contributed by atoms with van der Waals surface area (Å²) < 4.78 is 83.0. The SMILES string of the molecule is CCn1cc(-c2cnc3[nH]cc(C(=O)N[C@@H](CC(F)(F)F)C(=O)N4CCC(C#N)CC4)c3n2)cn1.CCn1cc(-c2cnc3[nH]cc(C(=O)N[C@H](CC(F)(F)F)C(=O)N4CCC(C#N)CC4)c3n2)cn1. The van der Waals surface area contributed by atoms with E-state index in [0.717, 1.165) is 0 Å². The molecule has 0 aromatic carbocycles. The van der Waals surface area contributed by atoms with Crippen molar-refractivity contribution < 1.29 is 45.5 Å². The maximum atomic E-state index is 13.3. The second-order valence-electron chi connectivity index (χ2n) is 16.6. The van der Waals surface area contributed by atoms with E-state index in [1.165, 1.54) is 34.6 Å². The normalized spacial score (nSPS) is 15.7. The molecule has 2 aliphatic rings. The molecule has 6 aromatic heterocycles. The number of aromatic nitrogens is 10. The lowest BCUT2D eigenvalue weighted by molar-refractivity contribution is -0.154. The Morgan fingerprint density at radius 2 is 1.03 bits per heavy atom. The molecule has 4 amide bonds. The fraction of sp³-hybridized carbons (Fsp3) is 0.455. The van der Waals surface area contributed by atoms with Crippen LogP contribution < -0.4 is 10.6 Å². The number of nitriles is 2. The van der Waals surface area contributed by atoms with E-state index < -0.39 is 60.9 Å². The Hall–Kier alpha value is -7.90. The van der Waals surface area contributed by atoms with Crippen LogP contribution in [0.1, 0.15) is 73.1 Å². The fourth-order valence-corrected chi connectivity index (χ4v) is 7.98. The van der Waals surface area contributed by atoms with Gasteiger partial charge < -0.3 is 30.4 Å². The van der Waals surface area contributed by atoms with Crippen LogP contribution in [0.2, 0.25) is 0 Å². The van der Waals surface area contributed by atoms with Crippen LogP contribution in [0.15, 0.2) is 49.6 Å². The van der Waals surface area contributed by atoms with Crippen LogP contribution in [0.4, 0.5) is 26.3 Å². The van der Waals surface area contributed by atoms with Crippen molar-refractivity contribution >= 4 is 46.0 Å². The first-order chi connectivity index (χ1) is 33.4. The van der Waals surface area contributed by atoms with E-state index in [4.69, 9.17) is 10.5 Å². The summed E-state index contributed by atoms with van der Waals surface area (Å²) in [6.45, 7) is 5.79. The lowest BCUT2D eigenvalue weighted by atomic mass is 9.97. The summed E-state index contributed by atoms with van der Waals surface area (Å²) in [7, 11) is 0. The standard InChI is InChI=1S/2C22H23F3N8O2/c2*1-2-33-12-14(9-29-33)17-11-28-19-18(30-17)15(10-27-19)20(34)31-16(7-22(23,24)25)21(35)32-5-3-13(8-26)4-6-32/h2*9-13,16H,2-7H2,1H3,(H,27,28)(H,31,34)/t2*16-/m10/s1. The summed E-state index contributed by atoms with van der Waals surface area (Å²) in [5.41, 5.74) is 3.04. The molecule has 2 aliphatic heterocycles. The van der Waals surface area contributed by atoms with Crippen molar-refractivity contribution in [3.8, 4) is 34.7 Å². The molecule has 4 N–H and O–H groups in total. The average molecular weight is 977 g/mol. The van der Waals surface area contributed by atoms with Gasteiger partial charge in [0.2, 0.25) is 11.8 Å². The molecule has 0 spiro atoms. The quantitative estimate of drug-likeness (QED) is 0.114. The smallest absolute Gasteiger partial charge is 0.344 e. The largest absolute Gasteiger partial charge is 0.391 e. The molecule has 0 radical (unpaired) electrons. The number of carbonyl (C=O) groups is 4. The third kappa shape index (κ3) is 12.0. The van der Waals surface area contributed by atoms with Crippen LogP contribution in [-0.2, 0) is 22.7 Å². The summed E-state index contributed by atoms with van der Waals surface area (Å²) in [4.78, 5) is 77.3. The van der Waals surface area contributed by atoms with Gasteiger partial charge in [0, 0.05) is 87.0 Å². The van der Waals surface area contributed by atoms with E-state index in [9.17, 15) is 45.5 Å². The second kappa shape index (κ2) is 21.2. The van der Waals surface area contributed by atoms with E-state index in [2.05, 4.69) is 62.9 Å². The summed E-state index contributed by atoms with van der Waals surface area (Å²) in [6, 6.07) is 0.619. The monoisotopic (exact) mass is 976 g/mol. The van der Waals surface area contributed by atoms with Crippen molar-refractivity contribution in [1.82, 2.24) is 69.9 Å². The molecule has 368 valence electrons. The number of aromatic amines is 2. The summed E-state index contributed by atoms with van der Waals surface area (Å²) >= 11 is 0. The summed E-state index contributed by atoms with van der Waals surface area (Å²) in [6.07, 6.45) is 1.46. The van der Waals surface area contributed by atoms with Gasteiger partial charge in [-0.15, -0.1) is 0 Å². The molecular formula is C44H46F6N16O4. The van der Waals surface area contributed by atoms with Crippen LogP contribution in [0.25, 0.3) is 44.8 Å². The van der Waals surface area contributed by atoms with Crippen molar-refractivity contribution in [3.63, 3.8) is 0 Å². The number of piperidine rings is 2. The Bertz CT molecular complexity index is 2730. The number of alkyl halides is 6. The molecule has 6 aromatic rings. The van der Waals surface area contributed by atoms with Gasteiger partial charge in [-0.25, -0.2) is 19.9 Å². The molecule has 2 saturated heterocycles. The number of halogens is 6. The van der Waals surface area contributed by atoms with Crippen LogP contribution >= 0.6 is 0 Å². The molecule has 26 heteroatoms. The van der Waals surface area contributed by atoms with Crippen molar-refractivity contribution in [2.75, 3.05) is 26.2 Å². The van der Waals surface area contributed by atoms with Gasteiger partial charge in [0.05, 0.1) is 72.3 Å². The van der Waals surface area contributed by atoms with Crippen LogP contribution in [-0.4, -0.2) is 134 Å². The van der Waals surface area contributed by atoms with E-state index in [0.29, 0.717) is 61.3 Å². The zero-order chi connectivity index (χ0) is 50.3. The molecule has 0 saturated carbocycles. The molecule has 0 aliphatic carbocycles. The van der Waals surface area contributed by atoms with E-state index >= 15 is 0 Å². The van der Waals surface area contributed by atoms with Crippen molar-refractivity contribution in [1.29, 1.82) is 10.5 Å². The van der Waals surface area contributed by atoms with Crippen molar-refractivity contribution in [3.05, 3.63) is 60.7 Å². The van der Waals surface area contributed by atoms with Gasteiger partial charge in [0.25, 0.3) is 11.8 Å². The number of rotatable bonds is 12. The van der Waals surface area contributed by atoms with Gasteiger partial charge >= 0.3 is 12.4 Å². The van der Waals surface area contributed by atoms with Crippen LogP contribution in [0.5, 0.6) is 0 Å². The Labute approximate surface area is 394 Å². The Kier molecular flexibility index (Phi) is 15.1. The van der Waals surface area contributed by atoms with E-state index in [1.807, 2.05) is 13.8 Å². The molecule has 8 heterocycles. The number of fused-ring (bicyclic) bond motifs is 2. The van der Waals surface area contributed by atoms with Gasteiger partial charge in [0.1, 0.15) is 23.1 Å². The minimum absolute atomic E-state index is 0.0274. The van der Waals surface area contributed by atoms with Crippen LogP contribution in [0, 0.1) is 34.5 Å². The summed E-state index contributed by atoms with van der Waals surface area (Å²) in [5, 5.41) is 30.9. The number of hydrogen-bond acceptors (Lipinski definition) is 12. The number of likely N-dealkylation sites (tertiary alicyclic amines) is 2. The Morgan fingerprint density at radius 3 is 1.34 bits per heavy atom. The van der Waals surface area contributed by atoms with Gasteiger partial charge in [-0.1, -0.05) is 0 Å². The summed E-state index contributed by atoms with van der Waals surface area (Å²) in [5.74, 6) is -3.88. The zero-order valence-electron chi connectivity index (χ0n) is 37.7. The number of carbonyl (C=O) groups excluding carboxylic acids is 4. The lowest BCUT2D eigenvalue weighted by Crippen LogP contribution is -2.52. The number of hydrogen-bond donors (Lipinski definition) is 4. The first kappa shape index (κ1) is 50.0. The van der Waals surface area contributed by atoms with Gasteiger partial charge in [-0.2, -0.15) is 47.1 Å². The number of amides is 4. The van der Waals surface area contributed by atoms with Gasteiger partial charge in [-0.3, -0.25) is 28.5 Å². The van der Waals surface area contributed by atoms with Crippen molar-refractivity contribution in [2.45, 2.75) is 89.9 Å². The molecule has 0 unspecified atom stereocenters. The Morgan fingerprint density at radius 1 is 0.657 bits per heavy atom. The second-order valence-corrected chi connectivity index (χ2v) is 16.6. The number of H-pyrrole nitrogens is 2. The Balaban J connectivity index is 0.000000206. The van der Waals surface area contributed by atoms with Gasteiger partial charge in [-0.05, 0) is 39.5 Å².